The van der Waals surface area contributed by atoms with Crippen LogP contribution in [0.25, 0.3) is 5.65 Å². The highest BCUT2D eigenvalue weighted by atomic mass is 35.7. The second kappa shape index (κ2) is 5.59. The van der Waals surface area contributed by atoms with Crippen LogP contribution in [0.1, 0.15) is 24.1 Å². The maximum Gasteiger partial charge on any atom is 0.366 e. The quantitative estimate of drug-likeness (QED) is 0.574. The van der Waals surface area contributed by atoms with Crippen molar-refractivity contribution in [2.75, 3.05) is 0 Å². The van der Waals surface area contributed by atoms with Gasteiger partial charge in [0, 0.05) is 26.3 Å². The fraction of sp³-hybridized carbons (Fsp3) is 0.400. The van der Waals surface area contributed by atoms with Crippen LogP contribution in [-0.4, -0.2) is 9.64 Å². The molecule has 2 rings (SSSR count). The van der Waals surface area contributed by atoms with E-state index in [9.17, 15) is 0 Å². The molecule has 0 aliphatic heterocycles. The zero-order valence-electron chi connectivity index (χ0n) is 10.2. The third-order valence-corrected chi connectivity index (χ3v) is 2.08. The molecule has 7 nitrogen and oxygen atoms in total. The van der Waals surface area contributed by atoms with Gasteiger partial charge in [0.25, 0.3) is 0 Å². The first kappa shape index (κ1) is 14.8. The van der Waals surface area contributed by atoms with E-state index < -0.39 is 10.2 Å². The Morgan fingerprint density at radius 2 is 1.89 bits per heavy atom. The summed E-state index contributed by atoms with van der Waals surface area (Å²) in [6, 6.07) is 4.00. The van der Waals surface area contributed by atoms with Crippen molar-refractivity contribution in [3.8, 4) is 0 Å². The number of hydrogen-bond donors (Lipinski definition) is 1. The molecule has 0 atom stereocenters. The number of aromatic nitrogens is 2. The summed E-state index contributed by atoms with van der Waals surface area (Å²) >= 11 is 0. The van der Waals surface area contributed by atoms with Crippen LogP contribution in [-0.2, 0) is 6.42 Å². The number of hydrogen-bond acceptors (Lipinski definition) is 6. The minimum Gasteiger partial charge on any atom is -0.300 e. The molecule has 18 heavy (non-hydrogen) atoms. The van der Waals surface area contributed by atoms with Crippen molar-refractivity contribution in [3.63, 3.8) is 0 Å². The molecule has 0 aromatic carbocycles. The number of rotatable bonds is 1. The van der Waals surface area contributed by atoms with Crippen LogP contribution in [0.15, 0.2) is 16.7 Å². The van der Waals surface area contributed by atoms with Gasteiger partial charge in [-0.25, -0.2) is 0 Å². The maximum absolute atomic E-state index is 8.60. The summed E-state index contributed by atoms with van der Waals surface area (Å²) in [5.41, 5.74) is 3.01. The average Bonchev–Trinajstić information content (AvgIpc) is 2.58. The van der Waals surface area contributed by atoms with E-state index in [-0.39, 0.29) is 0 Å². The second-order valence-corrected chi connectivity index (χ2v) is 4.43. The van der Waals surface area contributed by atoms with Crippen molar-refractivity contribution in [2.45, 2.75) is 27.2 Å². The molecule has 2 heterocycles. The molecule has 1 N–H and O–H groups in total. The lowest BCUT2D eigenvalue weighted by atomic mass is 10.3. The third-order valence-electron chi connectivity index (χ3n) is 2.08. The van der Waals surface area contributed by atoms with Crippen molar-refractivity contribution in [3.05, 3.63) is 29.3 Å². The summed E-state index contributed by atoms with van der Waals surface area (Å²) in [4.78, 5) is 4.37. The van der Waals surface area contributed by atoms with Crippen LogP contribution < -0.4 is 18.6 Å². The van der Waals surface area contributed by atoms with E-state index in [1.807, 2.05) is 26.0 Å². The smallest absolute Gasteiger partial charge is 0.300 e. The van der Waals surface area contributed by atoms with Gasteiger partial charge in [-0.1, -0.05) is 6.92 Å². The van der Waals surface area contributed by atoms with Gasteiger partial charge in [0.1, 0.15) is 0 Å². The molecule has 100 valence electrons. The minimum absolute atomic E-state index is 0.898. The summed E-state index contributed by atoms with van der Waals surface area (Å²) in [7, 11) is -4.69. The monoisotopic (exact) mass is 277 g/mol. The molecule has 8 heteroatoms. The van der Waals surface area contributed by atoms with E-state index in [4.69, 9.17) is 23.2 Å². The van der Waals surface area contributed by atoms with Gasteiger partial charge in [0.15, 0.2) is 17.1 Å². The van der Waals surface area contributed by atoms with E-state index >= 15 is 0 Å². The standard InChI is InChI=1S/C10H13N2O.ClHO4/c1-4-9-6-10-11-7(2)5-8(3)12(10)13-9;2-1(3,4)5/h5-6H,4H2,1-3H3;(H,2,3,4,5)/q+1;. The fourth-order valence-electron chi connectivity index (χ4n) is 1.46. The predicted molar refractivity (Wildman–Crippen MR) is 50.7 cm³/mol. The molecule has 0 amide bonds. The van der Waals surface area contributed by atoms with Gasteiger partial charge in [-0.3, -0.25) is 0 Å². The molecule has 0 unspecified atom stereocenters. The Kier molecular flexibility index (Phi) is 4.60. The largest absolute Gasteiger partial charge is 0.366 e. The van der Waals surface area contributed by atoms with E-state index in [0.29, 0.717) is 0 Å². The molecular formula is C10H14ClN2O5+. The number of nitrogens with zero attached hydrogens (tertiary/aromatic N) is 2. The lowest BCUT2D eigenvalue weighted by Crippen LogP contribution is -2.58. The van der Waals surface area contributed by atoms with Crippen molar-refractivity contribution < 1.29 is 38.0 Å². The third kappa shape index (κ3) is 4.55. The lowest BCUT2D eigenvalue weighted by Gasteiger charge is -2.03. The highest BCUT2D eigenvalue weighted by molar-refractivity contribution is 5.30. The topological polar surface area (TPSA) is 120 Å². The van der Waals surface area contributed by atoms with Crippen LogP contribution in [0, 0.1) is 24.1 Å². The van der Waals surface area contributed by atoms with Crippen LogP contribution in [0.5, 0.6) is 0 Å². The van der Waals surface area contributed by atoms with E-state index in [1.54, 1.807) is 4.57 Å². The predicted octanol–water partition coefficient (Wildman–Crippen LogP) is -2.53. The van der Waals surface area contributed by atoms with Crippen molar-refractivity contribution in [1.82, 2.24) is 4.98 Å². The summed E-state index contributed by atoms with van der Waals surface area (Å²) in [5, 5.41) is 0. The van der Waals surface area contributed by atoms with Gasteiger partial charge in [0.05, 0.1) is 21.0 Å². The molecule has 0 saturated carbocycles. The van der Waals surface area contributed by atoms with Crippen molar-refractivity contribution in [1.29, 1.82) is 0 Å². The minimum atomic E-state index is -4.69. The Bertz CT molecular complexity index is 529. The Balaban J connectivity index is 0.000000280. The number of aryl methyl sites for hydroxylation is 3. The average molecular weight is 278 g/mol. The summed E-state index contributed by atoms with van der Waals surface area (Å²) in [6.45, 7) is 6.08. The number of fused-ring (bicyclic) bond motifs is 1. The Labute approximate surface area is 106 Å². The van der Waals surface area contributed by atoms with Crippen molar-refractivity contribution in [2.24, 2.45) is 0 Å². The van der Waals surface area contributed by atoms with Crippen LogP contribution >= 0.6 is 0 Å². The summed E-state index contributed by atoms with van der Waals surface area (Å²) in [6.07, 6.45) is 0.905. The normalized spacial score (nSPS) is 11.3. The molecule has 0 spiro atoms. The zero-order chi connectivity index (χ0) is 13.9. The lowest BCUT2D eigenvalue weighted by molar-refractivity contribution is -1.92. The number of halogens is 1. The molecule has 0 fully saturated rings. The first-order valence-corrected chi connectivity index (χ1v) is 6.39. The summed E-state index contributed by atoms with van der Waals surface area (Å²) in [5.74, 6) is 0.973. The molecule has 0 saturated heterocycles. The van der Waals surface area contributed by atoms with Gasteiger partial charge in [0.2, 0.25) is 0 Å². The first-order valence-electron chi connectivity index (χ1n) is 5.13. The molecule has 2 aromatic heterocycles. The van der Waals surface area contributed by atoms with Crippen LogP contribution in [0.2, 0.25) is 0 Å². The molecule has 0 bridgehead atoms. The second-order valence-electron chi connectivity index (χ2n) is 3.64. The van der Waals surface area contributed by atoms with Gasteiger partial charge < -0.3 is 4.52 Å². The first-order chi connectivity index (χ1) is 8.20. The van der Waals surface area contributed by atoms with Gasteiger partial charge in [-0.05, 0) is 9.56 Å². The molecule has 0 aliphatic carbocycles. The fourth-order valence-corrected chi connectivity index (χ4v) is 1.46. The molecule has 2 aromatic rings. The Morgan fingerprint density at radius 1 is 1.33 bits per heavy atom. The van der Waals surface area contributed by atoms with E-state index in [0.717, 1.165) is 29.2 Å². The SMILES string of the molecule is CCc1cc2nc(C)cc(C)[n+]2o1.[O-][Cl+3]([O-])([O-])O. The Morgan fingerprint density at radius 3 is 2.39 bits per heavy atom. The van der Waals surface area contributed by atoms with Crippen LogP contribution in [0.4, 0.5) is 0 Å². The summed E-state index contributed by atoms with van der Waals surface area (Å²) < 4.78 is 40.0. The van der Waals surface area contributed by atoms with Crippen LogP contribution in [0.3, 0.4) is 0 Å². The molecule has 0 radical (unpaired) electrons. The van der Waals surface area contributed by atoms with Gasteiger partial charge >= 0.3 is 5.65 Å². The highest BCUT2D eigenvalue weighted by Gasteiger charge is 2.14. The molecular weight excluding hydrogens is 264 g/mol. The highest BCUT2D eigenvalue weighted by Crippen LogP contribution is 2.05. The Hall–Kier alpha value is -1.25. The van der Waals surface area contributed by atoms with Crippen molar-refractivity contribution >= 4 is 5.65 Å². The van der Waals surface area contributed by atoms with Gasteiger partial charge in [-0.2, -0.15) is 14.0 Å². The zero-order valence-corrected chi connectivity index (χ0v) is 11.0. The van der Waals surface area contributed by atoms with Gasteiger partial charge in [-0.15, -0.1) is 0 Å². The molecule has 0 aliphatic rings. The maximum atomic E-state index is 8.60. The van der Waals surface area contributed by atoms with E-state index in [2.05, 4.69) is 11.9 Å². The van der Waals surface area contributed by atoms with E-state index in [1.165, 1.54) is 0 Å².